The summed E-state index contributed by atoms with van der Waals surface area (Å²) < 4.78 is 23.0. The number of fused-ring (bicyclic) bond motifs is 1. The number of carbonyl (C=O) groups excluding carboxylic acids is 2. The molecule has 0 radical (unpaired) electrons. The van der Waals surface area contributed by atoms with Crippen molar-refractivity contribution in [1.29, 1.82) is 0 Å². The van der Waals surface area contributed by atoms with E-state index >= 15 is 0 Å². The fourth-order valence-electron chi connectivity index (χ4n) is 5.60. The number of amides is 1. The smallest absolute Gasteiger partial charge is 0.295 e. The number of benzene rings is 3. The first kappa shape index (κ1) is 30.0. The fourth-order valence-corrected chi connectivity index (χ4v) is 5.60. The van der Waals surface area contributed by atoms with Crippen LogP contribution in [0.1, 0.15) is 43.0 Å². The summed E-state index contributed by atoms with van der Waals surface area (Å²) in [7, 11) is 1.54. The summed E-state index contributed by atoms with van der Waals surface area (Å²) in [5, 5.41) is 14.0. The lowest BCUT2D eigenvalue weighted by molar-refractivity contribution is -0.896. The van der Waals surface area contributed by atoms with E-state index in [1.165, 1.54) is 16.9 Å². The molecule has 1 N–H and O–H groups in total. The van der Waals surface area contributed by atoms with Gasteiger partial charge in [-0.1, -0.05) is 48.2 Å². The molecule has 226 valence electrons. The Morgan fingerprint density at radius 2 is 1.70 bits per heavy atom. The SMILES string of the molecule is CC[NH+](CC)CCCN1C(=O)C(=O)C(=C([O-])c2ccc3c(c2)OCCO3)C1c1ccc(OCc2ccccc2)c(OC)c1. The normalized spacial score (nSPS) is 17.4. The van der Waals surface area contributed by atoms with Gasteiger partial charge in [0, 0.05) is 18.5 Å². The zero-order valence-corrected chi connectivity index (χ0v) is 24.9. The molecule has 1 unspecified atom stereocenters. The van der Waals surface area contributed by atoms with E-state index in [0.29, 0.717) is 61.3 Å². The zero-order valence-electron chi connectivity index (χ0n) is 24.9. The predicted octanol–water partition coefficient (Wildman–Crippen LogP) is 2.58. The van der Waals surface area contributed by atoms with Crippen molar-refractivity contribution in [1.82, 2.24) is 4.90 Å². The lowest BCUT2D eigenvalue weighted by Gasteiger charge is -2.29. The molecule has 0 aromatic heterocycles. The van der Waals surface area contributed by atoms with E-state index in [2.05, 4.69) is 13.8 Å². The summed E-state index contributed by atoms with van der Waals surface area (Å²) in [5.74, 6) is -0.0462. The molecule has 3 aromatic carbocycles. The van der Waals surface area contributed by atoms with Crippen LogP contribution in [0.25, 0.3) is 5.76 Å². The predicted molar refractivity (Wildman–Crippen MR) is 159 cm³/mol. The average molecular weight is 587 g/mol. The minimum Gasteiger partial charge on any atom is -0.872 e. The van der Waals surface area contributed by atoms with Crippen LogP contribution >= 0.6 is 0 Å². The number of hydrogen-bond acceptors (Lipinski definition) is 7. The summed E-state index contributed by atoms with van der Waals surface area (Å²) in [4.78, 5) is 29.9. The number of likely N-dealkylation sites (tertiary alicyclic amines) is 1. The number of nitrogens with zero attached hydrogens (tertiary/aromatic N) is 1. The molecule has 2 aliphatic rings. The van der Waals surface area contributed by atoms with Crippen LogP contribution in [0.15, 0.2) is 72.3 Å². The van der Waals surface area contributed by atoms with Crippen LogP contribution in [0.4, 0.5) is 0 Å². The maximum atomic E-state index is 14.0. The van der Waals surface area contributed by atoms with E-state index in [1.807, 2.05) is 30.3 Å². The van der Waals surface area contributed by atoms with Crippen LogP contribution in [-0.4, -0.2) is 63.1 Å². The average Bonchev–Trinajstić information content (AvgIpc) is 3.30. The highest BCUT2D eigenvalue weighted by Gasteiger charge is 2.44. The molecule has 1 amide bonds. The first-order valence-corrected chi connectivity index (χ1v) is 14.8. The highest BCUT2D eigenvalue weighted by Crippen LogP contribution is 2.42. The molecule has 9 heteroatoms. The van der Waals surface area contributed by atoms with Gasteiger partial charge in [0.15, 0.2) is 23.0 Å². The molecular weight excluding hydrogens is 548 g/mol. The summed E-state index contributed by atoms with van der Waals surface area (Å²) in [6.45, 7) is 8.49. The van der Waals surface area contributed by atoms with Crippen LogP contribution in [0.3, 0.4) is 0 Å². The van der Waals surface area contributed by atoms with Gasteiger partial charge in [0.1, 0.15) is 19.8 Å². The van der Waals surface area contributed by atoms with E-state index in [1.54, 1.807) is 36.4 Å². The van der Waals surface area contributed by atoms with Crippen LogP contribution in [0.2, 0.25) is 0 Å². The minimum absolute atomic E-state index is 0.0862. The van der Waals surface area contributed by atoms with Gasteiger partial charge < -0.3 is 33.9 Å². The number of Topliss-reactive ketones (excluding diaryl/α,β-unsaturated/α-hetero) is 1. The third kappa shape index (κ3) is 6.46. The van der Waals surface area contributed by atoms with E-state index < -0.39 is 23.5 Å². The molecule has 3 aromatic rings. The number of ketones is 1. The third-order valence-electron chi connectivity index (χ3n) is 8.00. The van der Waals surface area contributed by atoms with Crippen molar-refractivity contribution in [3.05, 3.63) is 89.0 Å². The molecule has 43 heavy (non-hydrogen) atoms. The number of quaternary nitrogens is 1. The monoisotopic (exact) mass is 586 g/mol. The Morgan fingerprint density at radius 3 is 2.42 bits per heavy atom. The van der Waals surface area contributed by atoms with Crippen molar-refractivity contribution in [2.24, 2.45) is 0 Å². The van der Waals surface area contributed by atoms with Crippen molar-refractivity contribution < 1.29 is 38.5 Å². The number of ether oxygens (including phenoxy) is 4. The molecule has 2 aliphatic heterocycles. The first-order valence-electron chi connectivity index (χ1n) is 14.8. The van der Waals surface area contributed by atoms with Crippen molar-refractivity contribution in [3.8, 4) is 23.0 Å². The van der Waals surface area contributed by atoms with Gasteiger partial charge in [-0.2, -0.15) is 0 Å². The summed E-state index contributed by atoms with van der Waals surface area (Å²) in [5.41, 5.74) is 1.77. The van der Waals surface area contributed by atoms with Crippen molar-refractivity contribution in [3.63, 3.8) is 0 Å². The molecular formula is C34H38N2O7. The van der Waals surface area contributed by atoms with Gasteiger partial charge in [0.05, 0.1) is 32.8 Å². The quantitative estimate of drug-likeness (QED) is 0.198. The lowest BCUT2D eigenvalue weighted by Crippen LogP contribution is -3.11. The van der Waals surface area contributed by atoms with Gasteiger partial charge in [0.2, 0.25) is 5.78 Å². The van der Waals surface area contributed by atoms with Crippen molar-refractivity contribution in [2.75, 3.05) is 46.5 Å². The fraction of sp³-hybridized carbons (Fsp3) is 0.353. The number of carbonyl (C=O) groups is 2. The Balaban J connectivity index is 1.52. The lowest BCUT2D eigenvalue weighted by atomic mass is 9.94. The second-order valence-corrected chi connectivity index (χ2v) is 10.6. The Labute approximate surface area is 252 Å². The zero-order chi connectivity index (χ0) is 30.3. The molecule has 0 spiro atoms. The van der Waals surface area contributed by atoms with Crippen molar-refractivity contribution in [2.45, 2.75) is 32.9 Å². The van der Waals surface area contributed by atoms with Gasteiger partial charge in [-0.15, -0.1) is 0 Å². The molecule has 5 rings (SSSR count). The maximum absolute atomic E-state index is 14.0. The highest BCUT2D eigenvalue weighted by atomic mass is 16.6. The van der Waals surface area contributed by atoms with Crippen LogP contribution in [0, 0.1) is 0 Å². The van der Waals surface area contributed by atoms with Crippen molar-refractivity contribution >= 4 is 17.4 Å². The van der Waals surface area contributed by atoms with E-state index in [-0.39, 0.29) is 11.1 Å². The van der Waals surface area contributed by atoms with E-state index in [0.717, 1.165) is 25.2 Å². The van der Waals surface area contributed by atoms with Crippen LogP contribution < -0.4 is 29.0 Å². The van der Waals surface area contributed by atoms with Gasteiger partial charge in [-0.25, -0.2) is 0 Å². The van der Waals surface area contributed by atoms with Gasteiger partial charge in [-0.05, 0) is 54.8 Å². The molecule has 0 saturated carbocycles. The largest absolute Gasteiger partial charge is 0.872 e. The number of hydrogen-bond donors (Lipinski definition) is 1. The molecule has 1 atom stereocenters. The molecule has 1 fully saturated rings. The standard InChI is InChI=1S/C34H38N2O7/c1-4-35(5-2)16-9-17-36-31(24-12-14-26(28(20-24)40-3)43-22-23-10-7-6-8-11-23)30(33(38)34(36)39)32(37)25-13-15-27-29(21-25)42-19-18-41-27/h6-8,10-15,20-21,31,37H,4-5,9,16-19,22H2,1-3H3. The molecule has 1 saturated heterocycles. The van der Waals surface area contributed by atoms with Crippen LogP contribution in [0.5, 0.6) is 23.0 Å². The summed E-state index contributed by atoms with van der Waals surface area (Å²) >= 11 is 0. The Bertz CT molecular complexity index is 1480. The second kappa shape index (κ2) is 13.6. The maximum Gasteiger partial charge on any atom is 0.295 e. The Hall–Kier alpha value is -4.50. The van der Waals surface area contributed by atoms with Gasteiger partial charge in [0.25, 0.3) is 5.91 Å². The van der Waals surface area contributed by atoms with Crippen LogP contribution in [-0.2, 0) is 16.2 Å². The Morgan fingerprint density at radius 1 is 0.953 bits per heavy atom. The topological polar surface area (TPSA) is 102 Å². The first-order chi connectivity index (χ1) is 20.9. The third-order valence-corrected chi connectivity index (χ3v) is 8.00. The molecule has 0 aliphatic carbocycles. The summed E-state index contributed by atoms with van der Waals surface area (Å²) in [6, 6.07) is 19.0. The Kier molecular flexibility index (Phi) is 9.51. The number of methoxy groups -OCH3 is 1. The highest BCUT2D eigenvalue weighted by molar-refractivity contribution is 6.46. The van der Waals surface area contributed by atoms with Gasteiger partial charge >= 0.3 is 0 Å². The molecule has 0 bridgehead atoms. The van der Waals surface area contributed by atoms with E-state index in [4.69, 9.17) is 18.9 Å². The van der Waals surface area contributed by atoms with Gasteiger partial charge in [-0.3, -0.25) is 9.59 Å². The number of rotatable bonds is 12. The summed E-state index contributed by atoms with van der Waals surface area (Å²) in [6.07, 6.45) is 0.688. The molecule has 9 nitrogen and oxygen atoms in total. The number of nitrogens with one attached hydrogen (secondary N) is 1. The second-order valence-electron chi connectivity index (χ2n) is 10.6. The molecule has 2 heterocycles. The minimum atomic E-state index is -0.871. The van der Waals surface area contributed by atoms with E-state index in [9.17, 15) is 14.7 Å².